The Hall–Kier alpha value is -2.06. The van der Waals surface area contributed by atoms with Crippen molar-refractivity contribution in [2.75, 3.05) is 4.90 Å². The first-order valence-corrected chi connectivity index (χ1v) is 4.97. The van der Waals surface area contributed by atoms with Gasteiger partial charge in [0.15, 0.2) is 0 Å². The van der Waals surface area contributed by atoms with Crippen LogP contribution in [0.2, 0.25) is 0 Å². The largest absolute Gasteiger partial charge is 0.480 e. The molecule has 2 heterocycles. The van der Waals surface area contributed by atoms with E-state index in [9.17, 15) is 22.8 Å². The highest BCUT2D eigenvalue weighted by Gasteiger charge is 2.49. The molecule has 98 valence electrons. The Kier molecular flexibility index (Phi) is 2.76. The molecule has 1 atom stereocenters. The van der Waals surface area contributed by atoms with Gasteiger partial charge in [-0.2, -0.15) is 18.3 Å². The van der Waals surface area contributed by atoms with Crippen molar-refractivity contribution in [1.82, 2.24) is 9.78 Å². The number of aromatic nitrogens is 2. The first-order chi connectivity index (χ1) is 8.32. The number of aliphatic carboxylic acids is 1. The molecule has 1 N–H and O–H groups in total. The van der Waals surface area contributed by atoms with Crippen LogP contribution < -0.4 is 4.90 Å². The predicted molar refractivity (Wildman–Crippen MR) is 51.8 cm³/mol. The van der Waals surface area contributed by atoms with E-state index in [1.807, 2.05) is 0 Å². The molecular formula is C9H8F3N3O3. The summed E-state index contributed by atoms with van der Waals surface area (Å²) in [5, 5.41) is 12.6. The van der Waals surface area contributed by atoms with Gasteiger partial charge in [-0.1, -0.05) is 0 Å². The molecule has 1 amide bonds. The minimum atomic E-state index is -5.12. The van der Waals surface area contributed by atoms with Crippen LogP contribution in [0.3, 0.4) is 0 Å². The second-order valence-electron chi connectivity index (χ2n) is 3.73. The molecule has 1 unspecified atom stereocenters. The lowest BCUT2D eigenvalue weighted by atomic mass is 10.1. The molecule has 6 nitrogen and oxygen atoms in total. The van der Waals surface area contributed by atoms with E-state index in [-0.39, 0.29) is 23.7 Å². The summed E-state index contributed by atoms with van der Waals surface area (Å²) in [6, 6.07) is -0.345. The van der Waals surface area contributed by atoms with Crippen molar-refractivity contribution in [2.24, 2.45) is 0 Å². The number of carboxylic acids is 1. The van der Waals surface area contributed by atoms with Crippen LogP contribution in [-0.4, -0.2) is 39.0 Å². The van der Waals surface area contributed by atoms with Gasteiger partial charge in [-0.15, -0.1) is 0 Å². The quantitative estimate of drug-likeness (QED) is 0.806. The number of anilines is 1. The van der Waals surface area contributed by atoms with Gasteiger partial charge in [-0.3, -0.25) is 9.69 Å². The highest BCUT2D eigenvalue weighted by Crippen LogP contribution is 2.30. The predicted octanol–water partition coefficient (Wildman–Crippen LogP) is 0.635. The van der Waals surface area contributed by atoms with Crippen molar-refractivity contribution in [3.63, 3.8) is 0 Å². The van der Waals surface area contributed by atoms with Crippen molar-refractivity contribution in [3.05, 3.63) is 12.3 Å². The average molecular weight is 263 g/mol. The molecule has 0 saturated heterocycles. The number of carbonyl (C=O) groups is 2. The second kappa shape index (κ2) is 4.00. The Morgan fingerprint density at radius 3 is 2.67 bits per heavy atom. The minimum Gasteiger partial charge on any atom is -0.480 e. The first kappa shape index (κ1) is 12.4. The lowest BCUT2D eigenvalue weighted by Crippen LogP contribution is -2.53. The van der Waals surface area contributed by atoms with Crippen LogP contribution in [0, 0.1) is 0 Å². The van der Waals surface area contributed by atoms with E-state index < -0.39 is 24.1 Å². The lowest BCUT2D eigenvalue weighted by Gasteiger charge is -2.33. The third kappa shape index (κ3) is 1.91. The average Bonchev–Trinajstić information content (AvgIpc) is 2.72. The van der Waals surface area contributed by atoms with Gasteiger partial charge in [-0.05, 0) is 6.42 Å². The maximum Gasteiger partial charge on any atom is 0.471 e. The van der Waals surface area contributed by atoms with E-state index in [2.05, 4.69) is 5.10 Å². The van der Waals surface area contributed by atoms with Gasteiger partial charge in [0, 0.05) is 12.6 Å². The minimum absolute atomic E-state index is 0.119. The monoisotopic (exact) mass is 263 g/mol. The molecule has 0 aliphatic carbocycles. The van der Waals surface area contributed by atoms with Crippen molar-refractivity contribution in [3.8, 4) is 0 Å². The van der Waals surface area contributed by atoms with Crippen LogP contribution in [-0.2, 0) is 16.1 Å². The Bertz CT molecular complexity index is 497. The summed E-state index contributed by atoms with van der Waals surface area (Å²) >= 11 is 0. The molecule has 0 bridgehead atoms. The molecule has 1 aromatic rings. The number of alkyl halides is 3. The number of fused-ring (bicyclic) bond motifs is 1. The maximum absolute atomic E-state index is 12.5. The fraction of sp³-hybridized carbons (Fsp3) is 0.444. The molecule has 1 aliphatic heterocycles. The Morgan fingerprint density at radius 2 is 2.11 bits per heavy atom. The molecule has 0 radical (unpaired) electrons. The number of hydrogen-bond donors (Lipinski definition) is 1. The van der Waals surface area contributed by atoms with Crippen LogP contribution in [0.1, 0.15) is 6.42 Å². The van der Waals surface area contributed by atoms with Crippen LogP contribution in [0.15, 0.2) is 12.3 Å². The highest BCUT2D eigenvalue weighted by molar-refractivity contribution is 6.01. The van der Waals surface area contributed by atoms with E-state index in [1.54, 1.807) is 0 Å². The number of nitrogens with zero attached hydrogens (tertiary/aromatic N) is 3. The van der Waals surface area contributed by atoms with E-state index in [4.69, 9.17) is 5.11 Å². The molecule has 0 saturated carbocycles. The van der Waals surface area contributed by atoms with E-state index in [1.165, 1.54) is 16.9 Å². The number of halogens is 3. The number of aryl methyl sites for hydroxylation is 1. The van der Waals surface area contributed by atoms with Gasteiger partial charge in [-0.25, -0.2) is 9.48 Å². The third-order valence-corrected chi connectivity index (χ3v) is 2.61. The van der Waals surface area contributed by atoms with Gasteiger partial charge in [0.2, 0.25) is 0 Å². The SMILES string of the molecule is O=C(O)C1CCn2nccc2N1C(=O)C(F)(F)F. The van der Waals surface area contributed by atoms with Gasteiger partial charge < -0.3 is 5.11 Å². The summed E-state index contributed by atoms with van der Waals surface area (Å²) in [6.07, 6.45) is -4.03. The maximum atomic E-state index is 12.5. The third-order valence-electron chi connectivity index (χ3n) is 2.61. The molecule has 9 heteroatoms. The van der Waals surface area contributed by atoms with E-state index in [0.29, 0.717) is 0 Å². The van der Waals surface area contributed by atoms with Gasteiger partial charge in [0.05, 0.1) is 6.20 Å². The lowest BCUT2D eigenvalue weighted by molar-refractivity contribution is -0.172. The summed E-state index contributed by atoms with van der Waals surface area (Å²) in [7, 11) is 0. The summed E-state index contributed by atoms with van der Waals surface area (Å²) in [5.74, 6) is -3.83. The Balaban J connectivity index is 2.45. The number of amides is 1. The van der Waals surface area contributed by atoms with Crippen molar-refractivity contribution in [1.29, 1.82) is 0 Å². The van der Waals surface area contributed by atoms with Crippen molar-refractivity contribution in [2.45, 2.75) is 25.2 Å². The zero-order chi connectivity index (χ0) is 13.5. The molecular weight excluding hydrogens is 255 g/mol. The van der Waals surface area contributed by atoms with E-state index >= 15 is 0 Å². The normalized spacial score (nSPS) is 19.5. The zero-order valence-corrected chi connectivity index (χ0v) is 8.89. The number of carbonyl (C=O) groups excluding carboxylic acids is 1. The van der Waals surface area contributed by atoms with Crippen LogP contribution in [0.25, 0.3) is 0 Å². The zero-order valence-electron chi connectivity index (χ0n) is 8.89. The highest BCUT2D eigenvalue weighted by atomic mass is 19.4. The smallest absolute Gasteiger partial charge is 0.471 e. The fourth-order valence-corrected chi connectivity index (χ4v) is 1.85. The van der Waals surface area contributed by atoms with Crippen molar-refractivity contribution >= 4 is 17.7 Å². The standard InChI is InChI=1S/C9H8F3N3O3/c10-9(11,12)8(18)15-5(7(16)17)2-4-14-6(15)1-3-13-14/h1,3,5H,2,4H2,(H,16,17). The molecule has 0 spiro atoms. The topological polar surface area (TPSA) is 75.4 Å². The molecule has 18 heavy (non-hydrogen) atoms. The molecule has 1 aromatic heterocycles. The molecule has 2 rings (SSSR count). The first-order valence-electron chi connectivity index (χ1n) is 4.97. The molecule has 1 aliphatic rings. The summed E-state index contributed by atoms with van der Waals surface area (Å²) < 4.78 is 38.5. The summed E-state index contributed by atoms with van der Waals surface area (Å²) in [4.78, 5) is 22.5. The van der Waals surface area contributed by atoms with E-state index in [0.717, 1.165) is 0 Å². The Morgan fingerprint density at radius 1 is 1.44 bits per heavy atom. The molecule has 0 aromatic carbocycles. The van der Waals surface area contributed by atoms with Crippen molar-refractivity contribution < 1.29 is 27.9 Å². The van der Waals surface area contributed by atoms with Gasteiger partial charge in [0.25, 0.3) is 0 Å². The van der Waals surface area contributed by atoms with Crippen LogP contribution in [0.5, 0.6) is 0 Å². The summed E-state index contributed by atoms with van der Waals surface area (Å²) in [6.45, 7) is 0.154. The Labute approximate surface area is 98.6 Å². The van der Waals surface area contributed by atoms with Gasteiger partial charge >= 0.3 is 18.1 Å². The van der Waals surface area contributed by atoms with Crippen LogP contribution >= 0.6 is 0 Å². The summed E-state index contributed by atoms with van der Waals surface area (Å²) in [5.41, 5.74) is 0. The number of carboxylic acid groups (broad SMARTS) is 1. The number of hydrogen-bond acceptors (Lipinski definition) is 3. The van der Waals surface area contributed by atoms with Crippen LogP contribution in [0.4, 0.5) is 19.0 Å². The number of rotatable bonds is 1. The fourth-order valence-electron chi connectivity index (χ4n) is 1.85. The molecule has 0 fully saturated rings. The van der Waals surface area contributed by atoms with Gasteiger partial charge in [0.1, 0.15) is 11.9 Å². The second-order valence-corrected chi connectivity index (χ2v) is 3.73.